The van der Waals surface area contributed by atoms with E-state index in [-0.39, 0.29) is 12.0 Å². The normalized spacial score (nSPS) is 18.0. The van der Waals surface area contributed by atoms with Gasteiger partial charge in [0, 0.05) is 26.2 Å². The molecule has 20 heavy (non-hydrogen) atoms. The Labute approximate surface area is 119 Å². The highest BCUT2D eigenvalue weighted by molar-refractivity contribution is 5.92. The van der Waals surface area contributed by atoms with E-state index in [1.165, 1.54) is 6.20 Å². The predicted octanol–water partition coefficient (Wildman–Crippen LogP) is 1.55. The third kappa shape index (κ3) is 3.66. The van der Waals surface area contributed by atoms with E-state index in [1.807, 2.05) is 13.8 Å². The summed E-state index contributed by atoms with van der Waals surface area (Å²) >= 11 is 0. The lowest BCUT2D eigenvalue weighted by molar-refractivity contribution is 0.0534. The number of aromatic nitrogens is 2. The van der Waals surface area contributed by atoms with Crippen LogP contribution in [-0.4, -0.2) is 53.1 Å². The standard InChI is InChI=1S/C14H22N4O2/c1-3-16-13-9-15-8-12(17-13)14(19)18(4-2)10-11-6-5-7-20-11/h8-9,11H,3-7,10H2,1-2H3,(H,16,17). The van der Waals surface area contributed by atoms with E-state index in [0.29, 0.717) is 24.6 Å². The summed E-state index contributed by atoms with van der Waals surface area (Å²) in [5.41, 5.74) is 0.378. The van der Waals surface area contributed by atoms with Gasteiger partial charge in [0.05, 0.1) is 18.5 Å². The van der Waals surface area contributed by atoms with Crippen LogP contribution in [0.4, 0.5) is 5.82 Å². The number of carbonyl (C=O) groups excluding carboxylic acids is 1. The van der Waals surface area contributed by atoms with E-state index >= 15 is 0 Å². The molecule has 1 aliphatic rings. The third-order valence-corrected chi connectivity index (χ3v) is 3.33. The minimum Gasteiger partial charge on any atom is -0.376 e. The predicted molar refractivity (Wildman–Crippen MR) is 76.7 cm³/mol. The first-order chi connectivity index (χ1) is 9.74. The Balaban J connectivity index is 2.04. The van der Waals surface area contributed by atoms with Crippen LogP contribution in [0.1, 0.15) is 37.2 Å². The van der Waals surface area contributed by atoms with E-state index in [1.54, 1.807) is 11.1 Å². The number of likely N-dealkylation sites (N-methyl/N-ethyl adjacent to an activating group) is 1. The lowest BCUT2D eigenvalue weighted by Crippen LogP contribution is -2.37. The Kier molecular flexibility index (Phi) is 5.29. The van der Waals surface area contributed by atoms with E-state index in [9.17, 15) is 4.79 Å². The summed E-state index contributed by atoms with van der Waals surface area (Å²) in [6.45, 7) is 6.76. The van der Waals surface area contributed by atoms with Crippen LogP contribution >= 0.6 is 0 Å². The Morgan fingerprint density at radius 3 is 3.00 bits per heavy atom. The molecule has 110 valence electrons. The zero-order valence-electron chi connectivity index (χ0n) is 12.1. The second kappa shape index (κ2) is 7.19. The highest BCUT2D eigenvalue weighted by atomic mass is 16.5. The van der Waals surface area contributed by atoms with Crippen LogP contribution in [0.15, 0.2) is 12.4 Å². The van der Waals surface area contributed by atoms with Crippen molar-refractivity contribution in [3.05, 3.63) is 18.1 Å². The second-order valence-corrected chi connectivity index (χ2v) is 4.80. The van der Waals surface area contributed by atoms with Crippen molar-refractivity contribution in [1.29, 1.82) is 0 Å². The van der Waals surface area contributed by atoms with Crippen LogP contribution in [0.5, 0.6) is 0 Å². The minimum atomic E-state index is -0.0877. The van der Waals surface area contributed by atoms with Gasteiger partial charge in [0.1, 0.15) is 11.5 Å². The Morgan fingerprint density at radius 2 is 2.35 bits per heavy atom. The van der Waals surface area contributed by atoms with Crippen LogP contribution in [0.2, 0.25) is 0 Å². The molecule has 6 nitrogen and oxygen atoms in total. The Morgan fingerprint density at radius 1 is 1.50 bits per heavy atom. The van der Waals surface area contributed by atoms with Crippen molar-refractivity contribution in [2.24, 2.45) is 0 Å². The van der Waals surface area contributed by atoms with E-state index in [2.05, 4.69) is 15.3 Å². The molecule has 1 aromatic rings. The van der Waals surface area contributed by atoms with Gasteiger partial charge in [-0.05, 0) is 26.7 Å². The number of hydrogen-bond donors (Lipinski definition) is 1. The molecule has 1 aromatic heterocycles. The highest BCUT2D eigenvalue weighted by Gasteiger charge is 2.23. The molecule has 0 aliphatic carbocycles. The van der Waals surface area contributed by atoms with Gasteiger partial charge in [-0.1, -0.05) is 0 Å². The number of hydrogen-bond acceptors (Lipinski definition) is 5. The molecule has 1 N–H and O–H groups in total. The van der Waals surface area contributed by atoms with Crippen LogP contribution in [0.25, 0.3) is 0 Å². The van der Waals surface area contributed by atoms with Crippen LogP contribution in [-0.2, 0) is 4.74 Å². The first kappa shape index (κ1) is 14.7. The molecule has 1 fully saturated rings. The fourth-order valence-corrected chi connectivity index (χ4v) is 2.29. The van der Waals surface area contributed by atoms with Gasteiger partial charge in [0.25, 0.3) is 5.91 Å². The van der Waals surface area contributed by atoms with Crippen molar-refractivity contribution in [1.82, 2.24) is 14.9 Å². The summed E-state index contributed by atoms with van der Waals surface area (Å²) in [4.78, 5) is 22.6. The third-order valence-electron chi connectivity index (χ3n) is 3.33. The molecule has 0 radical (unpaired) electrons. The largest absolute Gasteiger partial charge is 0.376 e. The van der Waals surface area contributed by atoms with Crippen molar-refractivity contribution in [2.75, 3.05) is 31.6 Å². The highest BCUT2D eigenvalue weighted by Crippen LogP contribution is 2.14. The topological polar surface area (TPSA) is 67.4 Å². The molecular formula is C14H22N4O2. The molecule has 0 spiro atoms. The zero-order chi connectivity index (χ0) is 14.4. The minimum absolute atomic E-state index is 0.0877. The maximum Gasteiger partial charge on any atom is 0.274 e. The van der Waals surface area contributed by atoms with Crippen LogP contribution < -0.4 is 5.32 Å². The lowest BCUT2D eigenvalue weighted by Gasteiger charge is -2.23. The molecule has 1 unspecified atom stereocenters. The fourth-order valence-electron chi connectivity index (χ4n) is 2.29. The monoisotopic (exact) mass is 278 g/mol. The average Bonchev–Trinajstić information content (AvgIpc) is 2.98. The average molecular weight is 278 g/mol. The van der Waals surface area contributed by atoms with Gasteiger partial charge in [0.2, 0.25) is 0 Å². The molecule has 1 saturated heterocycles. The molecule has 2 rings (SSSR count). The van der Waals surface area contributed by atoms with Crippen molar-refractivity contribution in [2.45, 2.75) is 32.8 Å². The van der Waals surface area contributed by atoms with Crippen LogP contribution in [0.3, 0.4) is 0 Å². The number of nitrogens with one attached hydrogen (secondary N) is 1. The molecule has 1 atom stereocenters. The lowest BCUT2D eigenvalue weighted by atomic mass is 10.2. The number of rotatable bonds is 6. The van der Waals surface area contributed by atoms with Crippen molar-refractivity contribution >= 4 is 11.7 Å². The maximum absolute atomic E-state index is 12.5. The number of nitrogens with zero attached hydrogens (tertiary/aromatic N) is 3. The zero-order valence-corrected chi connectivity index (χ0v) is 12.1. The van der Waals surface area contributed by atoms with Gasteiger partial charge >= 0.3 is 0 Å². The van der Waals surface area contributed by atoms with Crippen molar-refractivity contribution in [3.8, 4) is 0 Å². The maximum atomic E-state index is 12.5. The number of ether oxygens (including phenoxy) is 1. The number of carbonyl (C=O) groups is 1. The molecule has 1 amide bonds. The second-order valence-electron chi connectivity index (χ2n) is 4.80. The number of amides is 1. The van der Waals surface area contributed by atoms with E-state index < -0.39 is 0 Å². The molecule has 2 heterocycles. The van der Waals surface area contributed by atoms with Crippen molar-refractivity contribution in [3.63, 3.8) is 0 Å². The van der Waals surface area contributed by atoms with Crippen molar-refractivity contribution < 1.29 is 9.53 Å². The quantitative estimate of drug-likeness (QED) is 0.855. The Hall–Kier alpha value is -1.69. The van der Waals surface area contributed by atoms with Gasteiger partial charge in [-0.2, -0.15) is 0 Å². The summed E-state index contributed by atoms with van der Waals surface area (Å²) in [6, 6.07) is 0. The first-order valence-corrected chi connectivity index (χ1v) is 7.21. The summed E-state index contributed by atoms with van der Waals surface area (Å²) in [7, 11) is 0. The van der Waals surface area contributed by atoms with Gasteiger partial charge < -0.3 is 15.0 Å². The summed E-state index contributed by atoms with van der Waals surface area (Å²) < 4.78 is 5.59. The molecule has 1 aliphatic heterocycles. The van der Waals surface area contributed by atoms with Gasteiger partial charge in [0.15, 0.2) is 0 Å². The summed E-state index contributed by atoms with van der Waals surface area (Å²) in [6.07, 6.45) is 5.39. The SMILES string of the molecule is CCNc1cncc(C(=O)N(CC)CC2CCCO2)n1. The summed E-state index contributed by atoms with van der Waals surface area (Å²) in [5, 5.41) is 3.06. The Bertz CT molecular complexity index is 447. The van der Waals surface area contributed by atoms with Gasteiger partial charge in [-0.15, -0.1) is 0 Å². The molecular weight excluding hydrogens is 256 g/mol. The molecule has 6 heteroatoms. The van der Waals surface area contributed by atoms with Crippen LogP contribution in [0, 0.1) is 0 Å². The van der Waals surface area contributed by atoms with E-state index in [0.717, 1.165) is 26.0 Å². The number of anilines is 1. The van der Waals surface area contributed by atoms with E-state index in [4.69, 9.17) is 4.74 Å². The first-order valence-electron chi connectivity index (χ1n) is 7.21. The molecule has 0 aromatic carbocycles. The molecule has 0 bridgehead atoms. The van der Waals surface area contributed by atoms with Gasteiger partial charge in [-0.25, -0.2) is 4.98 Å². The fraction of sp³-hybridized carbons (Fsp3) is 0.643. The van der Waals surface area contributed by atoms with Gasteiger partial charge in [-0.3, -0.25) is 9.78 Å². The molecule has 0 saturated carbocycles. The smallest absolute Gasteiger partial charge is 0.274 e. The summed E-state index contributed by atoms with van der Waals surface area (Å²) in [5.74, 6) is 0.543.